The van der Waals surface area contributed by atoms with E-state index >= 15 is 0 Å². The van der Waals surface area contributed by atoms with Gasteiger partial charge in [0.2, 0.25) is 5.91 Å². The van der Waals surface area contributed by atoms with Crippen LogP contribution in [0.1, 0.15) is 57.7 Å². The molecule has 1 fully saturated rings. The van der Waals surface area contributed by atoms with Crippen LogP contribution >= 0.6 is 0 Å². The van der Waals surface area contributed by atoms with Crippen molar-refractivity contribution in [1.29, 1.82) is 0 Å². The van der Waals surface area contributed by atoms with Gasteiger partial charge in [-0.25, -0.2) is 4.79 Å². The van der Waals surface area contributed by atoms with Crippen LogP contribution in [-0.4, -0.2) is 35.5 Å². The van der Waals surface area contributed by atoms with Gasteiger partial charge in [-0.05, 0) is 44.7 Å². The summed E-state index contributed by atoms with van der Waals surface area (Å²) in [6, 6.07) is 8.35. The van der Waals surface area contributed by atoms with Gasteiger partial charge >= 0.3 is 6.03 Å². The van der Waals surface area contributed by atoms with E-state index in [4.69, 9.17) is 0 Å². The lowest BCUT2D eigenvalue weighted by atomic mass is 10.1. The summed E-state index contributed by atoms with van der Waals surface area (Å²) in [5.74, 6) is 0.0773. The SMILES string of the molecule is CCc1ccc(C(C)NC(=O)N(CC2CCC(=O)N2)C(C)C)cc1. The number of hydrogen-bond donors (Lipinski definition) is 2. The van der Waals surface area contributed by atoms with E-state index in [-0.39, 0.29) is 30.1 Å². The molecule has 2 N–H and O–H groups in total. The lowest BCUT2D eigenvalue weighted by Gasteiger charge is -2.31. The Labute approximate surface area is 144 Å². The Bertz CT molecular complexity index is 568. The zero-order chi connectivity index (χ0) is 17.7. The lowest BCUT2D eigenvalue weighted by Crippen LogP contribution is -2.49. The maximum atomic E-state index is 12.7. The fourth-order valence-corrected chi connectivity index (χ4v) is 2.97. The average molecular weight is 331 g/mol. The van der Waals surface area contributed by atoms with Crippen LogP contribution in [0, 0.1) is 0 Å². The van der Waals surface area contributed by atoms with Gasteiger partial charge in [0.05, 0.1) is 6.04 Å². The smallest absolute Gasteiger partial charge is 0.318 e. The summed E-state index contributed by atoms with van der Waals surface area (Å²) < 4.78 is 0. The Hall–Kier alpha value is -2.04. The monoisotopic (exact) mass is 331 g/mol. The maximum absolute atomic E-state index is 12.7. The van der Waals surface area contributed by atoms with Crippen molar-refractivity contribution in [2.24, 2.45) is 0 Å². The highest BCUT2D eigenvalue weighted by atomic mass is 16.2. The zero-order valence-electron chi connectivity index (χ0n) is 15.1. The number of hydrogen-bond acceptors (Lipinski definition) is 2. The van der Waals surface area contributed by atoms with Crippen LogP contribution in [0.4, 0.5) is 4.79 Å². The second kappa shape index (κ2) is 8.18. The molecular weight excluding hydrogens is 302 g/mol. The summed E-state index contributed by atoms with van der Waals surface area (Å²) >= 11 is 0. The van der Waals surface area contributed by atoms with Gasteiger partial charge in [0.1, 0.15) is 0 Å². The predicted octanol–water partition coefficient (Wildman–Crippen LogP) is 3.01. The third-order valence-electron chi connectivity index (χ3n) is 4.61. The molecule has 1 aromatic rings. The fourth-order valence-electron chi connectivity index (χ4n) is 2.97. The number of amides is 3. The Morgan fingerprint density at radius 3 is 2.46 bits per heavy atom. The molecule has 0 aromatic heterocycles. The Balaban J connectivity index is 1.97. The minimum absolute atomic E-state index is 0.0529. The summed E-state index contributed by atoms with van der Waals surface area (Å²) in [5.41, 5.74) is 2.39. The molecule has 1 aliphatic heterocycles. The van der Waals surface area contributed by atoms with Crippen LogP contribution in [0.5, 0.6) is 0 Å². The largest absolute Gasteiger partial charge is 0.352 e. The topological polar surface area (TPSA) is 61.4 Å². The fraction of sp³-hybridized carbons (Fsp3) is 0.579. The number of benzene rings is 1. The van der Waals surface area contributed by atoms with E-state index < -0.39 is 0 Å². The maximum Gasteiger partial charge on any atom is 0.318 e. The number of carbonyl (C=O) groups is 2. The normalized spacial score (nSPS) is 18.4. The van der Waals surface area contributed by atoms with Gasteiger partial charge < -0.3 is 15.5 Å². The molecule has 0 saturated carbocycles. The number of rotatable bonds is 6. The minimum atomic E-state index is -0.0850. The first-order valence-electron chi connectivity index (χ1n) is 8.86. The molecule has 2 atom stereocenters. The standard InChI is InChI=1S/C19H29N3O2/c1-5-15-6-8-16(9-7-15)14(4)20-19(24)22(13(2)3)12-17-10-11-18(23)21-17/h6-9,13-14,17H,5,10-12H2,1-4H3,(H,20,24)(H,21,23). The highest BCUT2D eigenvalue weighted by Crippen LogP contribution is 2.16. The summed E-state index contributed by atoms with van der Waals surface area (Å²) in [6.45, 7) is 8.67. The number of nitrogens with zero attached hydrogens (tertiary/aromatic N) is 1. The highest BCUT2D eigenvalue weighted by Gasteiger charge is 2.27. The zero-order valence-corrected chi connectivity index (χ0v) is 15.1. The van der Waals surface area contributed by atoms with E-state index in [9.17, 15) is 9.59 Å². The Kier molecular flexibility index (Phi) is 6.23. The van der Waals surface area contributed by atoms with Gasteiger partial charge in [0, 0.05) is 25.0 Å². The van der Waals surface area contributed by atoms with Crippen LogP contribution < -0.4 is 10.6 Å². The minimum Gasteiger partial charge on any atom is -0.352 e. The van der Waals surface area contributed by atoms with Crippen molar-refractivity contribution in [3.63, 3.8) is 0 Å². The molecule has 1 aliphatic rings. The molecule has 5 heteroatoms. The van der Waals surface area contributed by atoms with Crippen LogP contribution in [-0.2, 0) is 11.2 Å². The summed E-state index contributed by atoms with van der Waals surface area (Å²) in [4.78, 5) is 25.8. The number of urea groups is 1. The molecule has 1 aromatic carbocycles. The third kappa shape index (κ3) is 4.73. The summed E-state index contributed by atoms with van der Waals surface area (Å²) in [5, 5.41) is 6.01. The molecule has 1 saturated heterocycles. The molecule has 2 rings (SSSR count). The molecule has 3 amide bonds. The Morgan fingerprint density at radius 2 is 1.96 bits per heavy atom. The number of nitrogens with one attached hydrogen (secondary N) is 2. The third-order valence-corrected chi connectivity index (χ3v) is 4.61. The van der Waals surface area contributed by atoms with E-state index in [2.05, 4.69) is 41.8 Å². The van der Waals surface area contributed by atoms with Gasteiger partial charge in [0.15, 0.2) is 0 Å². The first-order chi connectivity index (χ1) is 11.4. The van der Waals surface area contributed by atoms with Crippen LogP contribution in [0.15, 0.2) is 24.3 Å². The molecule has 5 nitrogen and oxygen atoms in total. The molecule has 0 spiro atoms. The predicted molar refractivity (Wildman–Crippen MR) is 95.8 cm³/mol. The van der Waals surface area contributed by atoms with Crippen molar-refractivity contribution in [2.75, 3.05) is 6.54 Å². The first-order valence-corrected chi connectivity index (χ1v) is 8.86. The van der Waals surface area contributed by atoms with E-state index in [0.29, 0.717) is 13.0 Å². The van der Waals surface area contributed by atoms with Crippen LogP contribution in [0.3, 0.4) is 0 Å². The molecule has 2 unspecified atom stereocenters. The lowest BCUT2D eigenvalue weighted by molar-refractivity contribution is -0.119. The second-order valence-corrected chi connectivity index (χ2v) is 6.82. The van der Waals surface area contributed by atoms with Crippen LogP contribution in [0.25, 0.3) is 0 Å². The van der Waals surface area contributed by atoms with Gasteiger partial charge in [-0.1, -0.05) is 31.2 Å². The van der Waals surface area contributed by atoms with Gasteiger partial charge in [-0.2, -0.15) is 0 Å². The molecule has 132 valence electrons. The quantitative estimate of drug-likeness (QED) is 0.842. The first kappa shape index (κ1) is 18.3. The summed E-state index contributed by atoms with van der Waals surface area (Å²) in [7, 11) is 0. The van der Waals surface area contributed by atoms with E-state index in [0.717, 1.165) is 18.4 Å². The van der Waals surface area contributed by atoms with Crippen molar-refractivity contribution >= 4 is 11.9 Å². The van der Waals surface area contributed by atoms with Crippen LogP contribution in [0.2, 0.25) is 0 Å². The van der Waals surface area contributed by atoms with Crippen molar-refractivity contribution in [1.82, 2.24) is 15.5 Å². The molecule has 24 heavy (non-hydrogen) atoms. The van der Waals surface area contributed by atoms with Gasteiger partial charge in [-0.3, -0.25) is 4.79 Å². The molecule has 1 heterocycles. The van der Waals surface area contributed by atoms with E-state index in [1.54, 1.807) is 4.90 Å². The highest BCUT2D eigenvalue weighted by molar-refractivity contribution is 5.79. The van der Waals surface area contributed by atoms with Crippen molar-refractivity contribution < 1.29 is 9.59 Å². The molecular formula is C19H29N3O2. The van der Waals surface area contributed by atoms with E-state index in [1.165, 1.54) is 5.56 Å². The molecule has 0 radical (unpaired) electrons. The average Bonchev–Trinajstić information content (AvgIpc) is 2.97. The van der Waals surface area contributed by atoms with E-state index in [1.807, 2.05) is 20.8 Å². The van der Waals surface area contributed by atoms with Crippen molar-refractivity contribution in [3.8, 4) is 0 Å². The number of carbonyl (C=O) groups excluding carboxylic acids is 2. The Morgan fingerprint density at radius 1 is 1.29 bits per heavy atom. The van der Waals surface area contributed by atoms with Crippen molar-refractivity contribution in [3.05, 3.63) is 35.4 Å². The second-order valence-electron chi connectivity index (χ2n) is 6.82. The van der Waals surface area contributed by atoms with Crippen molar-refractivity contribution in [2.45, 2.75) is 65.1 Å². The number of aryl methyl sites for hydroxylation is 1. The van der Waals surface area contributed by atoms with Gasteiger partial charge in [0.25, 0.3) is 0 Å². The van der Waals surface area contributed by atoms with Gasteiger partial charge in [-0.15, -0.1) is 0 Å². The molecule has 0 aliphatic carbocycles. The summed E-state index contributed by atoms with van der Waals surface area (Å²) in [6.07, 6.45) is 2.36. The molecule has 0 bridgehead atoms.